The summed E-state index contributed by atoms with van der Waals surface area (Å²) >= 11 is 0. The summed E-state index contributed by atoms with van der Waals surface area (Å²) in [5, 5.41) is 20.4. The van der Waals surface area contributed by atoms with E-state index in [1.165, 1.54) is 11.1 Å². The first-order chi connectivity index (χ1) is 15.0. The van der Waals surface area contributed by atoms with Crippen LogP contribution in [0.2, 0.25) is 0 Å². The standard InChI is InChI=1S/C29H28O2/c1-21-17-25(13-15-27(21)30)29(19-23-9-5-3-6-10-23,20-24-11-7-4-8-12-24)26-14-16-28(31)22(2)18-26/h3-18,30-31H,19-20H2,1-2H3. The van der Waals surface area contributed by atoms with Gasteiger partial charge in [-0.05, 0) is 72.2 Å². The van der Waals surface area contributed by atoms with Gasteiger partial charge in [0.2, 0.25) is 0 Å². The first kappa shape index (κ1) is 20.7. The SMILES string of the molecule is Cc1cc(C(Cc2ccccc2)(Cc2ccccc2)c2ccc(O)c(C)c2)ccc1O. The molecule has 0 bridgehead atoms. The molecule has 31 heavy (non-hydrogen) atoms. The molecule has 0 amide bonds. The Morgan fingerprint density at radius 1 is 0.548 bits per heavy atom. The fourth-order valence-electron chi connectivity index (χ4n) is 4.43. The van der Waals surface area contributed by atoms with Gasteiger partial charge in [0.05, 0.1) is 0 Å². The smallest absolute Gasteiger partial charge is 0.118 e. The van der Waals surface area contributed by atoms with Crippen LogP contribution in [0.3, 0.4) is 0 Å². The van der Waals surface area contributed by atoms with Gasteiger partial charge in [-0.15, -0.1) is 0 Å². The number of aryl methyl sites for hydroxylation is 2. The number of hydrogen-bond acceptors (Lipinski definition) is 2. The highest BCUT2D eigenvalue weighted by atomic mass is 16.3. The van der Waals surface area contributed by atoms with E-state index in [0.29, 0.717) is 11.5 Å². The molecule has 0 fully saturated rings. The van der Waals surface area contributed by atoms with Crippen molar-refractivity contribution in [1.29, 1.82) is 0 Å². The topological polar surface area (TPSA) is 40.5 Å². The maximum atomic E-state index is 10.2. The van der Waals surface area contributed by atoms with E-state index in [4.69, 9.17) is 0 Å². The zero-order valence-corrected chi connectivity index (χ0v) is 18.0. The molecule has 0 heterocycles. The molecule has 2 heteroatoms. The minimum Gasteiger partial charge on any atom is -0.508 e. The summed E-state index contributed by atoms with van der Waals surface area (Å²) in [5.74, 6) is 0.609. The number of hydrogen-bond donors (Lipinski definition) is 2. The quantitative estimate of drug-likeness (QED) is 0.383. The van der Waals surface area contributed by atoms with Crippen LogP contribution in [0.1, 0.15) is 33.4 Å². The molecule has 0 spiro atoms. The molecule has 4 aromatic rings. The zero-order valence-electron chi connectivity index (χ0n) is 18.0. The van der Waals surface area contributed by atoms with Gasteiger partial charge in [-0.2, -0.15) is 0 Å². The van der Waals surface area contributed by atoms with Crippen LogP contribution in [0.15, 0.2) is 97.1 Å². The lowest BCUT2D eigenvalue weighted by atomic mass is 9.66. The van der Waals surface area contributed by atoms with Gasteiger partial charge < -0.3 is 10.2 Å². The van der Waals surface area contributed by atoms with Gasteiger partial charge >= 0.3 is 0 Å². The Bertz CT molecular complexity index is 1070. The second-order valence-corrected chi connectivity index (χ2v) is 8.41. The predicted octanol–water partition coefficient (Wildman–Crippen LogP) is 6.49. The number of aromatic hydroxyl groups is 2. The lowest BCUT2D eigenvalue weighted by molar-refractivity contribution is 0.464. The van der Waals surface area contributed by atoms with Crippen LogP contribution in [-0.2, 0) is 18.3 Å². The average Bonchev–Trinajstić information content (AvgIpc) is 2.78. The summed E-state index contributed by atoms with van der Waals surface area (Å²) < 4.78 is 0. The molecule has 0 saturated heterocycles. The molecule has 0 radical (unpaired) electrons. The van der Waals surface area contributed by atoms with Crippen molar-refractivity contribution in [2.24, 2.45) is 0 Å². The number of benzene rings is 4. The monoisotopic (exact) mass is 408 g/mol. The molecule has 4 rings (SSSR count). The summed E-state index contributed by atoms with van der Waals surface area (Å²) in [4.78, 5) is 0. The molecule has 0 aliphatic rings. The van der Waals surface area contributed by atoms with Crippen LogP contribution >= 0.6 is 0 Å². The molecule has 0 unspecified atom stereocenters. The molecule has 0 saturated carbocycles. The van der Waals surface area contributed by atoms with Crippen molar-refractivity contribution in [3.63, 3.8) is 0 Å². The third-order valence-electron chi connectivity index (χ3n) is 6.20. The van der Waals surface area contributed by atoms with Crippen molar-refractivity contribution in [2.75, 3.05) is 0 Å². The molecule has 2 nitrogen and oxygen atoms in total. The Morgan fingerprint density at radius 2 is 0.935 bits per heavy atom. The molecule has 0 aliphatic heterocycles. The molecule has 0 atom stereocenters. The third-order valence-corrected chi connectivity index (χ3v) is 6.20. The van der Waals surface area contributed by atoms with Crippen LogP contribution < -0.4 is 0 Å². The van der Waals surface area contributed by atoms with E-state index in [2.05, 4.69) is 60.7 Å². The predicted molar refractivity (Wildman–Crippen MR) is 127 cm³/mol. The van der Waals surface area contributed by atoms with Gasteiger partial charge in [0.1, 0.15) is 11.5 Å². The second-order valence-electron chi connectivity index (χ2n) is 8.41. The first-order valence-electron chi connectivity index (χ1n) is 10.7. The Hall–Kier alpha value is -3.52. The molecular formula is C29H28O2. The summed E-state index contributed by atoms with van der Waals surface area (Å²) in [5.41, 5.74) is 6.16. The molecular weight excluding hydrogens is 380 g/mol. The number of phenols is 2. The van der Waals surface area contributed by atoms with Crippen molar-refractivity contribution in [3.05, 3.63) is 130 Å². The van der Waals surface area contributed by atoms with Crippen LogP contribution in [0, 0.1) is 13.8 Å². The Morgan fingerprint density at radius 3 is 1.29 bits per heavy atom. The van der Waals surface area contributed by atoms with Gasteiger partial charge in [-0.3, -0.25) is 0 Å². The van der Waals surface area contributed by atoms with E-state index in [1.54, 1.807) is 12.1 Å². The van der Waals surface area contributed by atoms with Crippen LogP contribution in [-0.4, -0.2) is 10.2 Å². The molecule has 4 aromatic carbocycles. The Labute approximate surface area is 184 Å². The summed E-state index contributed by atoms with van der Waals surface area (Å²) in [6.45, 7) is 3.88. The van der Waals surface area contributed by atoms with Crippen molar-refractivity contribution in [2.45, 2.75) is 32.1 Å². The molecule has 0 aliphatic carbocycles. The Balaban J connectivity index is 1.98. The maximum absolute atomic E-state index is 10.2. The molecule has 2 N–H and O–H groups in total. The van der Waals surface area contributed by atoms with E-state index < -0.39 is 0 Å². The zero-order chi connectivity index (χ0) is 21.8. The number of rotatable bonds is 6. The van der Waals surface area contributed by atoms with Crippen LogP contribution in [0.5, 0.6) is 11.5 Å². The van der Waals surface area contributed by atoms with E-state index >= 15 is 0 Å². The average molecular weight is 409 g/mol. The summed E-state index contributed by atoms with van der Waals surface area (Å²) in [6, 6.07) is 32.9. The number of phenolic OH excluding ortho intramolecular Hbond substituents is 2. The lowest BCUT2D eigenvalue weighted by Gasteiger charge is -2.36. The largest absolute Gasteiger partial charge is 0.508 e. The van der Waals surface area contributed by atoms with Crippen molar-refractivity contribution in [3.8, 4) is 11.5 Å². The lowest BCUT2D eigenvalue weighted by Crippen LogP contribution is -2.33. The fourth-order valence-corrected chi connectivity index (χ4v) is 4.43. The van der Waals surface area contributed by atoms with Crippen molar-refractivity contribution in [1.82, 2.24) is 0 Å². The van der Waals surface area contributed by atoms with Crippen molar-refractivity contribution >= 4 is 0 Å². The van der Waals surface area contributed by atoms with E-state index in [0.717, 1.165) is 35.1 Å². The minimum absolute atomic E-state index is 0.305. The minimum atomic E-state index is -0.361. The first-order valence-corrected chi connectivity index (χ1v) is 10.7. The van der Waals surface area contributed by atoms with E-state index in [1.807, 2.05) is 38.1 Å². The highest BCUT2D eigenvalue weighted by Crippen LogP contribution is 2.41. The second kappa shape index (κ2) is 8.69. The van der Waals surface area contributed by atoms with Gasteiger partial charge in [0, 0.05) is 5.41 Å². The third kappa shape index (κ3) is 4.34. The van der Waals surface area contributed by atoms with Gasteiger partial charge in [-0.1, -0.05) is 84.9 Å². The maximum Gasteiger partial charge on any atom is 0.118 e. The molecule has 0 aromatic heterocycles. The van der Waals surface area contributed by atoms with Crippen LogP contribution in [0.25, 0.3) is 0 Å². The van der Waals surface area contributed by atoms with Gasteiger partial charge in [0.15, 0.2) is 0 Å². The highest BCUT2D eigenvalue weighted by Gasteiger charge is 2.35. The van der Waals surface area contributed by atoms with Crippen molar-refractivity contribution < 1.29 is 10.2 Å². The van der Waals surface area contributed by atoms with Gasteiger partial charge in [0.25, 0.3) is 0 Å². The Kier molecular flexibility index (Phi) is 5.81. The van der Waals surface area contributed by atoms with E-state index in [9.17, 15) is 10.2 Å². The van der Waals surface area contributed by atoms with E-state index in [-0.39, 0.29) is 5.41 Å². The van der Waals surface area contributed by atoms with Gasteiger partial charge in [-0.25, -0.2) is 0 Å². The normalized spacial score (nSPS) is 11.4. The summed E-state index contributed by atoms with van der Waals surface area (Å²) in [7, 11) is 0. The summed E-state index contributed by atoms with van der Waals surface area (Å²) in [6.07, 6.45) is 1.61. The fraction of sp³-hybridized carbons (Fsp3) is 0.172. The van der Waals surface area contributed by atoms with Crippen LogP contribution in [0.4, 0.5) is 0 Å². The highest BCUT2D eigenvalue weighted by molar-refractivity contribution is 5.50. The molecule has 156 valence electrons.